The minimum Gasteiger partial charge on any atom is -0.223 e. The van der Waals surface area contributed by atoms with Gasteiger partial charge in [-0.1, -0.05) is 85.6 Å². The van der Waals surface area contributed by atoms with Crippen LogP contribution in [0.4, 0.5) is 0 Å². The van der Waals surface area contributed by atoms with Gasteiger partial charge in [0.2, 0.25) is 0 Å². The number of pyridine rings is 2. The average Bonchev–Trinajstić information content (AvgIpc) is 3.51. The van der Waals surface area contributed by atoms with Crippen LogP contribution in [0.25, 0.3) is 33.8 Å². The normalized spacial score (nSPS) is 11.6. The van der Waals surface area contributed by atoms with Gasteiger partial charge in [0.05, 0.1) is 25.5 Å². The molecule has 6 aromatic rings. The number of rotatable bonds is 11. The van der Waals surface area contributed by atoms with Crippen molar-refractivity contribution < 1.29 is 66.9 Å². The summed E-state index contributed by atoms with van der Waals surface area (Å²) >= 11 is 0. The van der Waals surface area contributed by atoms with Crippen molar-refractivity contribution in [3.8, 4) is 22.5 Å². The van der Waals surface area contributed by atoms with E-state index in [1.165, 1.54) is 83.7 Å². The molecule has 0 bridgehead atoms. The van der Waals surface area contributed by atoms with Gasteiger partial charge in [-0.05, 0) is 37.8 Å². The molecule has 0 amide bonds. The number of benzene rings is 2. The molecule has 0 aliphatic rings. The highest BCUT2D eigenvalue weighted by atomic mass is 35.7. The second kappa shape index (κ2) is 17.8. The molecule has 12 nitrogen and oxygen atoms in total. The fourth-order valence-electron chi connectivity index (χ4n) is 6.34. The molecule has 14 heteroatoms. The summed E-state index contributed by atoms with van der Waals surface area (Å²) in [6.45, 7) is 6.59. The second-order valence-electron chi connectivity index (χ2n) is 11.6. The van der Waals surface area contributed by atoms with E-state index in [2.05, 4.69) is 141 Å². The Hall–Kier alpha value is -3.92. The van der Waals surface area contributed by atoms with Crippen molar-refractivity contribution >= 4 is 11.3 Å². The highest BCUT2D eigenvalue weighted by Gasteiger charge is 2.24. The summed E-state index contributed by atoms with van der Waals surface area (Å²) in [5.41, 5.74) is 10.4. The Labute approximate surface area is 295 Å². The summed E-state index contributed by atoms with van der Waals surface area (Å²) in [5.74, 6) is 0. The van der Waals surface area contributed by atoms with Crippen LogP contribution in [0.15, 0.2) is 109 Å². The summed E-state index contributed by atoms with van der Waals surface area (Å²) in [4.78, 5) is 0. The first kappa shape index (κ1) is 38.9. The Kier molecular flexibility index (Phi) is 13.9. The fraction of sp³-hybridized carbons (Fsp3) is 0.278. The molecule has 0 saturated carbocycles. The number of hydrogen-bond donors (Lipinski definition) is 0. The molecule has 0 spiro atoms. The second-order valence-corrected chi connectivity index (χ2v) is 13.2. The Morgan fingerprint density at radius 1 is 0.440 bits per heavy atom. The fourth-order valence-corrected chi connectivity index (χ4v) is 6.34. The molecule has 0 aliphatic heterocycles. The molecule has 0 atom stereocenters. The molecule has 50 heavy (non-hydrogen) atoms. The van der Waals surface area contributed by atoms with Gasteiger partial charge in [-0.15, -0.1) is 20.5 Å². The summed E-state index contributed by atoms with van der Waals surface area (Å²) in [6, 6.07) is 34.7. The Bertz CT molecular complexity index is 1790. The lowest BCUT2D eigenvalue weighted by Crippen LogP contribution is -2.68. The monoisotopic (exact) mass is 726 g/mol. The predicted octanol–water partition coefficient (Wildman–Crippen LogP) is -1.75. The van der Waals surface area contributed by atoms with Crippen LogP contribution in [-0.2, 0) is 13.1 Å². The zero-order valence-corrected chi connectivity index (χ0v) is 29.4. The van der Waals surface area contributed by atoms with E-state index >= 15 is 0 Å². The third-order valence-electron chi connectivity index (χ3n) is 8.29. The summed E-state index contributed by atoms with van der Waals surface area (Å²) < 4.78 is 77.6. The molecular weight excluding hydrogens is 687 g/mol. The van der Waals surface area contributed by atoms with Gasteiger partial charge in [0.1, 0.15) is 0 Å². The van der Waals surface area contributed by atoms with Crippen molar-refractivity contribution in [2.24, 2.45) is 0 Å². The van der Waals surface area contributed by atoms with Crippen LogP contribution in [0.2, 0.25) is 0 Å². The smallest absolute Gasteiger partial charge is 0.223 e. The number of imidazole rings is 2. The van der Waals surface area contributed by atoms with Crippen molar-refractivity contribution in [1.29, 1.82) is 0 Å². The van der Waals surface area contributed by atoms with Gasteiger partial charge in [0.15, 0.2) is 22.8 Å². The van der Waals surface area contributed by atoms with Crippen molar-refractivity contribution in [1.82, 2.24) is 8.80 Å². The zero-order chi connectivity index (χ0) is 36.3. The Morgan fingerprint density at radius 2 is 0.740 bits per heavy atom. The first-order chi connectivity index (χ1) is 23.7. The molecule has 6 rings (SSSR count). The molecule has 0 radical (unpaired) electrons. The molecule has 0 N–H and O–H groups in total. The van der Waals surface area contributed by atoms with Gasteiger partial charge in [-0.3, -0.25) is 0 Å². The van der Waals surface area contributed by atoms with E-state index in [1.807, 2.05) is 0 Å². The van der Waals surface area contributed by atoms with Gasteiger partial charge in [0.25, 0.3) is 11.3 Å². The maximum absolute atomic E-state index is 8.49. The molecule has 0 unspecified atom stereocenters. The lowest BCUT2D eigenvalue weighted by Gasteiger charge is -2.17. The minimum atomic E-state index is -4.94. The van der Waals surface area contributed by atoms with E-state index in [1.54, 1.807) is 0 Å². The van der Waals surface area contributed by atoms with E-state index in [0.717, 1.165) is 13.1 Å². The standard InChI is InChI=1S/C36H40N4.2ClHO4/c1-29-35(31-19-9-7-10-20-31)39(33-23-13-17-25-37(29)33)27-15-5-3-4-6-16-28-40-34-24-14-18-26-38(34)30(2)36(40)32-21-11-8-12-22-32;2*2-1(3,4)5/h7-14,17-26H,3-6,15-16,27-28H2,1-2H3;2*(H,2,3,4,5)/q+2;;/p-2. The first-order valence-electron chi connectivity index (χ1n) is 16.1. The molecular formula is C36H40Cl2N4O8. The van der Waals surface area contributed by atoms with Crippen LogP contribution in [0.1, 0.15) is 49.9 Å². The maximum Gasteiger partial charge on any atom is 0.286 e. The largest absolute Gasteiger partial charge is 0.286 e. The number of aromatic nitrogens is 4. The van der Waals surface area contributed by atoms with Gasteiger partial charge in [-0.25, -0.2) is 46.4 Å². The SMILES string of the molecule is Cc1c(-c2ccccc2)[n+](CCCCCCCC[n+]2c(-c3ccccc3)c(C)n3ccccc32)c2ccccn12.[O-][Cl+3]([O-])([O-])[O-].[O-][Cl+3]([O-])([O-])[O-]. The quantitative estimate of drug-likeness (QED) is 0.110. The zero-order valence-electron chi connectivity index (χ0n) is 27.9. The molecule has 2 aromatic carbocycles. The third kappa shape index (κ3) is 11.3. The first-order valence-corrected chi connectivity index (χ1v) is 18.5. The van der Waals surface area contributed by atoms with Crippen LogP contribution in [0.5, 0.6) is 0 Å². The van der Waals surface area contributed by atoms with Gasteiger partial charge in [-0.2, -0.15) is 8.80 Å². The number of aryl methyl sites for hydroxylation is 4. The van der Waals surface area contributed by atoms with E-state index in [-0.39, 0.29) is 0 Å². The number of hydrogen-bond acceptors (Lipinski definition) is 8. The van der Waals surface area contributed by atoms with Crippen molar-refractivity contribution in [2.45, 2.75) is 65.5 Å². The van der Waals surface area contributed by atoms with Gasteiger partial charge < -0.3 is 0 Å². The van der Waals surface area contributed by atoms with Crippen molar-refractivity contribution in [2.75, 3.05) is 0 Å². The number of unbranched alkanes of at least 4 members (excludes halogenated alkanes) is 5. The van der Waals surface area contributed by atoms with Gasteiger partial charge in [0, 0.05) is 37.1 Å². The van der Waals surface area contributed by atoms with Crippen molar-refractivity contribution in [3.63, 3.8) is 0 Å². The summed E-state index contributed by atoms with van der Waals surface area (Å²) in [6.07, 6.45) is 11.9. The lowest BCUT2D eigenvalue weighted by atomic mass is 10.1. The summed E-state index contributed by atoms with van der Waals surface area (Å²) in [7, 11) is -9.89. The predicted molar refractivity (Wildman–Crippen MR) is 163 cm³/mol. The van der Waals surface area contributed by atoms with Crippen molar-refractivity contribution in [3.05, 3.63) is 121 Å². The maximum atomic E-state index is 8.49. The number of fused-ring (bicyclic) bond motifs is 2. The van der Waals surface area contributed by atoms with E-state index in [9.17, 15) is 0 Å². The molecule has 0 saturated heterocycles. The Balaban J connectivity index is 0.000000496. The van der Waals surface area contributed by atoms with Crippen LogP contribution in [0.3, 0.4) is 0 Å². The van der Waals surface area contributed by atoms with Crippen LogP contribution in [0, 0.1) is 34.3 Å². The number of halogens is 2. The van der Waals surface area contributed by atoms with Crippen LogP contribution >= 0.6 is 0 Å². The van der Waals surface area contributed by atoms with E-state index in [0.29, 0.717) is 0 Å². The topological polar surface area (TPSA) is 201 Å². The van der Waals surface area contributed by atoms with E-state index < -0.39 is 20.5 Å². The minimum absolute atomic E-state index is 1.05. The van der Waals surface area contributed by atoms with Gasteiger partial charge >= 0.3 is 0 Å². The summed E-state index contributed by atoms with van der Waals surface area (Å²) in [5, 5.41) is 0. The molecule has 4 aromatic heterocycles. The highest BCUT2D eigenvalue weighted by molar-refractivity contribution is 5.62. The lowest BCUT2D eigenvalue weighted by molar-refractivity contribution is -2.00. The third-order valence-corrected chi connectivity index (χ3v) is 8.29. The molecule has 0 aliphatic carbocycles. The number of nitrogens with zero attached hydrogens (tertiary/aromatic N) is 4. The average molecular weight is 728 g/mol. The highest BCUT2D eigenvalue weighted by Crippen LogP contribution is 2.24. The van der Waals surface area contributed by atoms with Crippen LogP contribution < -0.4 is 46.4 Å². The van der Waals surface area contributed by atoms with Crippen LogP contribution in [-0.4, -0.2) is 8.80 Å². The molecule has 4 heterocycles. The molecule has 266 valence electrons. The Morgan fingerprint density at radius 3 is 1.08 bits per heavy atom. The van der Waals surface area contributed by atoms with E-state index in [4.69, 9.17) is 37.3 Å². The molecule has 0 fully saturated rings.